The van der Waals surface area contributed by atoms with Gasteiger partial charge in [0.25, 0.3) is 0 Å². The summed E-state index contributed by atoms with van der Waals surface area (Å²) in [7, 11) is 0. The van der Waals surface area contributed by atoms with Gasteiger partial charge in [-0.3, -0.25) is 0 Å². The standard InChI is InChI=1S/C64H42N2/c1-4-16-43(17-5-1)48-22-14-23-49(38-48)50-24-15-25-53(40-50)65(54-41-51(44-18-6-2-7-19-44)39-52(42-54)45-20-8-3-9-21-45)61-36-32-46-31-35-58-62(37-33-47-30-34-57(61)63(46)64(47)58)66-59-28-12-10-26-55(59)56-27-11-13-29-60(56)66/h1-42H. The summed E-state index contributed by atoms with van der Waals surface area (Å²) in [6, 6.07) is 93.4. The van der Waals surface area contributed by atoms with Gasteiger partial charge in [-0.25, -0.2) is 0 Å². The zero-order valence-corrected chi connectivity index (χ0v) is 36.1. The highest BCUT2D eigenvalue weighted by atomic mass is 15.1. The molecule has 2 nitrogen and oxygen atoms in total. The first-order valence-electron chi connectivity index (χ1n) is 22.7. The summed E-state index contributed by atoms with van der Waals surface area (Å²) in [6.45, 7) is 0. The number of rotatable bonds is 8. The van der Waals surface area contributed by atoms with E-state index in [9.17, 15) is 0 Å². The second-order valence-electron chi connectivity index (χ2n) is 17.3. The van der Waals surface area contributed by atoms with Crippen LogP contribution in [0.4, 0.5) is 17.1 Å². The second-order valence-corrected chi connectivity index (χ2v) is 17.3. The average Bonchev–Trinajstić information content (AvgIpc) is 3.73. The SMILES string of the molecule is c1ccc(-c2cccc(-c3cccc(N(c4cc(-c5ccccc5)cc(-c5ccccc5)c4)c4ccc5ccc6c(-n7c8ccccc8c8ccccc87)ccc7ccc4c5c76)c3)c2)cc1. The second kappa shape index (κ2) is 15.5. The van der Waals surface area contributed by atoms with Crippen molar-refractivity contribution >= 4 is 71.2 Å². The maximum atomic E-state index is 2.49. The molecular formula is C64H42N2. The van der Waals surface area contributed by atoms with Crippen LogP contribution in [-0.4, -0.2) is 4.57 Å². The van der Waals surface area contributed by atoms with Gasteiger partial charge in [0.1, 0.15) is 0 Å². The summed E-state index contributed by atoms with van der Waals surface area (Å²) in [5, 5.41) is 9.96. The van der Waals surface area contributed by atoms with Crippen LogP contribution in [0.2, 0.25) is 0 Å². The fourth-order valence-corrected chi connectivity index (χ4v) is 10.4. The highest BCUT2D eigenvalue weighted by Gasteiger charge is 2.22. The number of aromatic nitrogens is 1. The molecule has 12 aromatic carbocycles. The normalized spacial score (nSPS) is 11.6. The van der Waals surface area contributed by atoms with Crippen LogP contribution in [0.3, 0.4) is 0 Å². The van der Waals surface area contributed by atoms with Crippen molar-refractivity contribution in [2.45, 2.75) is 0 Å². The molecule has 0 saturated heterocycles. The topological polar surface area (TPSA) is 8.17 Å². The molecule has 0 fully saturated rings. The van der Waals surface area contributed by atoms with Crippen molar-refractivity contribution in [2.24, 2.45) is 0 Å². The zero-order valence-electron chi connectivity index (χ0n) is 36.1. The molecule has 0 bridgehead atoms. The van der Waals surface area contributed by atoms with Gasteiger partial charge in [-0.15, -0.1) is 0 Å². The molecule has 13 aromatic rings. The number of anilines is 3. The Kier molecular flexibility index (Phi) is 8.89. The van der Waals surface area contributed by atoms with Crippen LogP contribution in [0, 0.1) is 0 Å². The largest absolute Gasteiger partial charge is 0.310 e. The van der Waals surface area contributed by atoms with E-state index in [1.54, 1.807) is 0 Å². The third-order valence-corrected chi connectivity index (χ3v) is 13.5. The minimum atomic E-state index is 1.09. The Balaban J connectivity index is 1.07. The van der Waals surface area contributed by atoms with Gasteiger partial charge in [0.2, 0.25) is 0 Å². The summed E-state index contributed by atoms with van der Waals surface area (Å²) < 4.78 is 2.46. The van der Waals surface area contributed by atoms with E-state index in [1.807, 2.05) is 0 Å². The van der Waals surface area contributed by atoms with E-state index in [4.69, 9.17) is 0 Å². The third-order valence-electron chi connectivity index (χ3n) is 13.5. The van der Waals surface area contributed by atoms with E-state index in [1.165, 1.54) is 87.6 Å². The summed E-state index contributed by atoms with van der Waals surface area (Å²) in [6.07, 6.45) is 0. The Hall–Kier alpha value is -8.72. The summed E-state index contributed by atoms with van der Waals surface area (Å²) in [5.41, 5.74) is 16.3. The fraction of sp³-hybridized carbons (Fsp3) is 0. The minimum Gasteiger partial charge on any atom is -0.310 e. The van der Waals surface area contributed by atoms with Gasteiger partial charge in [-0.2, -0.15) is 0 Å². The molecule has 0 radical (unpaired) electrons. The molecule has 0 aliphatic carbocycles. The molecule has 13 rings (SSSR count). The maximum Gasteiger partial charge on any atom is 0.0541 e. The first kappa shape index (κ1) is 37.8. The van der Waals surface area contributed by atoms with E-state index in [0.29, 0.717) is 0 Å². The Labute approximate surface area is 383 Å². The van der Waals surface area contributed by atoms with Crippen molar-refractivity contribution in [1.82, 2.24) is 4.57 Å². The molecule has 1 heterocycles. The monoisotopic (exact) mass is 838 g/mol. The number of hydrogen-bond acceptors (Lipinski definition) is 1. The van der Waals surface area contributed by atoms with Crippen molar-refractivity contribution in [3.63, 3.8) is 0 Å². The maximum absolute atomic E-state index is 2.49. The van der Waals surface area contributed by atoms with Crippen LogP contribution in [0.15, 0.2) is 255 Å². The summed E-state index contributed by atoms with van der Waals surface area (Å²) in [5.74, 6) is 0. The first-order valence-corrected chi connectivity index (χ1v) is 22.7. The van der Waals surface area contributed by atoms with Gasteiger partial charge in [-0.1, -0.05) is 194 Å². The van der Waals surface area contributed by atoms with E-state index >= 15 is 0 Å². The average molecular weight is 839 g/mol. The number of para-hydroxylation sites is 2. The summed E-state index contributed by atoms with van der Waals surface area (Å²) in [4.78, 5) is 2.49. The molecule has 0 amide bonds. The molecule has 1 aromatic heterocycles. The number of hydrogen-bond donors (Lipinski definition) is 0. The molecule has 0 unspecified atom stereocenters. The lowest BCUT2D eigenvalue weighted by Gasteiger charge is -2.29. The van der Waals surface area contributed by atoms with Crippen LogP contribution >= 0.6 is 0 Å². The molecule has 0 N–H and O–H groups in total. The summed E-state index contributed by atoms with van der Waals surface area (Å²) >= 11 is 0. The van der Waals surface area contributed by atoms with Crippen LogP contribution in [0.5, 0.6) is 0 Å². The Morgan fingerprint density at radius 2 is 0.682 bits per heavy atom. The van der Waals surface area contributed by atoms with Crippen molar-refractivity contribution in [3.8, 4) is 50.2 Å². The molecular weight excluding hydrogens is 797 g/mol. The van der Waals surface area contributed by atoms with E-state index in [-0.39, 0.29) is 0 Å². The first-order chi connectivity index (χ1) is 32.7. The highest BCUT2D eigenvalue weighted by molar-refractivity contribution is 6.27. The van der Waals surface area contributed by atoms with Gasteiger partial charge in [0, 0.05) is 32.9 Å². The molecule has 0 saturated carbocycles. The lowest BCUT2D eigenvalue weighted by atomic mass is 9.91. The third kappa shape index (κ3) is 6.26. The van der Waals surface area contributed by atoms with Crippen molar-refractivity contribution < 1.29 is 0 Å². The van der Waals surface area contributed by atoms with Crippen molar-refractivity contribution in [3.05, 3.63) is 255 Å². The van der Waals surface area contributed by atoms with Crippen LogP contribution in [0.1, 0.15) is 0 Å². The Morgan fingerprint density at radius 3 is 1.30 bits per heavy atom. The molecule has 66 heavy (non-hydrogen) atoms. The fourth-order valence-electron chi connectivity index (χ4n) is 10.4. The molecule has 2 heteroatoms. The van der Waals surface area contributed by atoms with E-state index in [0.717, 1.165) is 33.8 Å². The lowest BCUT2D eigenvalue weighted by Crippen LogP contribution is -2.11. The van der Waals surface area contributed by atoms with Crippen LogP contribution < -0.4 is 4.90 Å². The van der Waals surface area contributed by atoms with Gasteiger partial charge in [-0.05, 0) is 127 Å². The van der Waals surface area contributed by atoms with Crippen molar-refractivity contribution in [1.29, 1.82) is 0 Å². The van der Waals surface area contributed by atoms with E-state index < -0.39 is 0 Å². The quantitative estimate of drug-likeness (QED) is 0.138. The van der Waals surface area contributed by atoms with Gasteiger partial charge in [0.05, 0.1) is 22.4 Å². The predicted octanol–water partition coefficient (Wildman–Crippen LogP) is 17.8. The smallest absolute Gasteiger partial charge is 0.0541 e. The molecule has 0 aliphatic rings. The van der Waals surface area contributed by atoms with Gasteiger partial charge >= 0.3 is 0 Å². The predicted molar refractivity (Wildman–Crippen MR) is 281 cm³/mol. The Morgan fingerprint density at radius 1 is 0.258 bits per heavy atom. The zero-order chi connectivity index (χ0) is 43.6. The van der Waals surface area contributed by atoms with E-state index in [2.05, 4.69) is 264 Å². The van der Waals surface area contributed by atoms with Crippen molar-refractivity contribution in [2.75, 3.05) is 4.90 Å². The number of benzene rings is 12. The number of fused-ring (bicyclic) bond motifs is 3. The minimum absolute atomic E-state index is 1.09. The Bertz CT molecular complexity index is 3810. The highest BCUT2D eigenvalue weighted by Crippen LogP contribution is 2.47. The van der Waals surface area contributed by atoms with Gasteiger partial charge in [0.15, 0.2) is 0 Å². The molecule has 308 valence electrons. The van der Waals surface area contributed by atoms with Gasteiger partial charge < -0.3 is 9.47 Å². The molecule has 0 spiro atoms. The van der Waals surface area contributed by atoms with Crippen LogP contribution in [-0.2, 0) is 0 Å². The van der Waals surface area contributed by atoms with Crippen LogP contribution in [0.25, 0.3) is 104 Å². The number of nitrogens with zero attached hydrogens (tertiary/aromatic N) is 2. The lowest BCUT2D eigenvalue weighted by molar-refractivity contribution is 1.20. The molecule has 0 atom stereocenters. The molecule has 0 aliphatic heterocycles.